The average molecular weight is 374 g/mol. The van der Waals surface area contributed by atoms with Crippen molar-refractivity contribution in [1.82, 2.24) is 14.5 Å². The van der Waals surface area contributed by atoms with E-state index in [4.69, 9.17) is 0 Å². The standard InChI is InChI=1S/C20H27N3O2S/c1-13-7-9-14(10-8-13)22(2)17(24)11-23-12-21-19-18(20(23)25)15-5-3-4-6-16(15)26-19/h12-14H,3-11H2,1-2H3. The van der Waals surface area contributed by atoms with Crippen molar-refractivity contribution in [3.8, 4) is 0 Å². The number of likely N-dealkylation sites (N-methyl/N-ethyl adjacent to an activating group) is 1. The predicted molar refractivity (Wildman–Crippen MR) is 105 cm³/mol. The number of rotatable bonds is 3. The van der Waals surface area contributed by atoms with Gasteiger partial charge >= 0.3 is 0 Å². The molecule has 2 aromatic heterocycles. The summed E-state index contributed by atoms with van der Waals surface area (Å²) in [4.78, 5) is 34.2. The molecular weight excluding hydrogens is 346 g/mol. The molecule has 0 aliphatic heterocycles. The average Bonchev–Trinajstić information content (AvgIpc) is 3.03. The lowest BCUT2D eigenvalue weighted by molar-refractivity contribution is -0.133. The molecule has 2 aromatic rings. The molecule has 2 aliphatic carbocycles. The van der Waals surface area contributed by atoms with Crippen LogP contribution < -0.4 is 5.56 Å². The van der Waals surface area contributed by atoms with Gasteiger partial charge in [0, 0.05) is 18.0 Å². The minimum atomic E-state index is -0.0478. The highest BCUT2D eigenvalue weighted by Crippen LogP contribution is 2.33. The van der Waals surface area contributed by atoms with Gasteiger partial charge in [-0.2, -0.15) is 0 Å². The van der Waals surface area contributed by atoms with Crippen LogP contribution >= 0.6 is 11.3 Å². The summed E-state index contributed by atoms with van der Waals surface area (Å²) in [7, 11) is 1.88. The van der Waals surface area contributed by atoms with Gasteiger partial charge in [-0.1, -0.05) is 6.92 Å². The monoisotopic (exact) mass is 373 g/mol. The van der Waals surface area contributed by atoms with Crippen LogP contribution in [0.1, 0.15) is 55.9 Å². The van der Waals surface area contributed by atoms with Crippen LogP contribution in [0.2, 0.25) is 0 Å². The van der Waals surface area contributed by atoms with Gasteiger partial charge in [-0.3, -0.25) is 14.2 Å². The van der Waals surface area contributed by atoms with Crippen molar-refractivity contribution in [3.05, 3.63) is 27.1 Å². The normalized spacial score (nSPS) is 23.0. The molecule has 2 aliphatic rings. The highest BCUT2D eigenvalue weighted by atomic mass is 32.1. The lowest BCUT2D eigenvalue weighted by Gasteiger charge is -2.33. The Bertz CT molecular complexity index is 877. The number of amides is 1. The molecule has 0 radical (unpaired) electrons. The van der Waals surface area contributed by atoms with Crippen LogP contribution in [0, 0.1) is 5.92 Å². The SMILES string of the molecule is CC1CCC(N(C)C(=O)Cn2cnc3sc4c(c3c2=O)CCCC4)CC1. The van der Waals surface area contributed by atoms with Crippen molar-refractivity contribution in [1.29, 1.82) is 0 Å². The van der Waals surface area contributed by atoms with Crippen molar-refractivity contribution in [2.24, 2.45) is 5.92 Å². The first-order valence-electron chi connectivity index (χ1n) is 9.80. The zero-order valence-electron chi connectivity index (χ0n) is 15.7. The summed E-state index contributed by atoms with van der Waals surface area (Å²) < 4.78 is 1.51. The quantitative estimate of drug-likeness (QED) is 0.829. The number of hydrogen-bond acceptors (Lipinski definition) is 4. The first kappa shape index (κ1) is 17.7. The van der Waals surface area contributed by atoms with Gasteiger partial charge < -0.3 is 4.90 Å². The highest BCUT2D eigenvalue weighted by molar-refractivity contribution is 7.18. The second-order valence-corrected chi connectivity index (χ2v) is 9.07. The third kappa shape index (κ3) is 3.20. The fraction of sp³-hybridized carbons (Fsp3) is 0.650. The minimum Gasteiger partial charge on any atom is -0.341 e. The molecule has 140 valence electrons. The smallest absolute Gasteiger partial charge is 0.262 e. The summed E-state index contributed by atoms with van der Waals surface area (Å²) in [6.45, 7) is 2.37. The van der Waals surface area contributed by atoms with Crippen LogP contribution in [0.4, 0.5) is 0 Å². The van der Waals surface area contributed by atoms with Gasteiger partial charge in [0.2, 0.25) is 5.91 Å². The molecule has 2 heterocycles. The molecule has 1 saturated carbocycles. The van der Waals surface area contributed by atoms with Crippen molar-refractivity contribution in [3.63, 3.8) is 0 Å². The molecule has 1 fully saturated rings. The number of fused-ring (bicyclic) bond motifs is 3. The molecular formula is C20H27N3O2S. The highest BCUT2D eigenvalue weighted by Gasteiger charge is 2.26. The number of nitrogens with zero attached hydrogens (tertiary/aromatic N) is 3. The van der Waals surface area contributed by atoms with E-state index < -0.39 is 0 Å². The van der Waals surface area contributed by atoms with Crippen LogP contribution in [-0.4, -0.2) is 33.4 Å². The number of aromatic nitrogens is 2. The maximum Gasteiger partial charge on any atom is 0.262 e. The third-order valence-electron chi connectivity index (χ3n) is 6.17. The Labute approximate surface area is 158 Å². The van der Waals surface area contributed by atoms with Gasteiger partial charge in [0.1, 0.15) is 11.4 Å². The lowest BCUT2D eigenvalue weighted by atomic mass is 9.87. The summed E-state index contributed by atoms with van der Waals surface area (Å²) in [5, 5.41) is 0.758. The van der Waals surface area contributed by atoms with E-state index in [1.54, 1.807) is 17.7 Å². The molecule has 5 nitrogen and oxygen atoms in total. The summed E-state index contributed by atoms with van der Waals surface area (Å²) in [6.07, 6.45) is 10.4. The predicted octanol–water partition coefficient (Wildman–Crippen LogP) is 3.37. The number of aryl methyl sites for hydroxylation is 2. The van der Waals surface area contributed by atoms with Crippen molar-refractivity contribution in [2.75, 3.05) is 7.05 Å². The maximum atomic E-state index is 13.0. The number of carbonyl (C=O) groups is 1. The Hall–Kier alpha value is -1.69. The van der Waals surface area contributed by atoms with E-state index in [0.29, 0.717) is 6.04 Å². The number of thiophene rings is 1. The van der Waals surface area contributed by atoms with Crippen LogP contribution in [0.3, 0.4) is 0 Å². The molecule has 0 bridgehead atoms. The van der Waals surface area contributed by atoms with E-state index in [1.165, 1.54) is 34.3 Å². The van der Waals surface area contributed by atoms with Crippen LogP contribution in [0.15, 0.2) is 11.1 Å². The van der Waals surface area contributed by atoms with Crippen molar-refractivity contribution >= 4 is 27.5 Å². The maximum absolute atomic E-state index is 13.0. The molecule has 0 spiro atoms. The molecule has 26 heavy (non-hydrogen) atoms. The first-order valence-corrected chi connectivity index (χ1v) is 10.6. The molecule has 0 N–H and O–H groups in total. The van der Waals surface area contributed by atoms with E-state index in [1.807, 2.05) is 11.9 Å². The van der Waals surface area contributed by atoms with E-state index in [9.17, 15) is 9.59 Å². The molecule has 0 saturated heterocycles. The minimum absolute atomic E-state index is 0.0110. The van der Waals surface area contributed by atoms with Crippen LogP contribution in [0.25, 0.3) is 10.2 Å². The Kier molecular flexibility index (Phi) is 4.86. The Morgan fingerprint density at radius 3 is 2.77 bits per heavy atom. The van der Waals surface area contributed by atoms with Gasteiger partial charge in [0.25, 0.3) is 5.56 Å². The fourth-order valence-corrected chi connectivity index (χ4v) is 5.60. The number of hydrogen-bond donors (Lipinski definition) is 0. The van der Waals surface area contributed by atoms with E-state index in [2.05, 4.69) is 11.9 Å². The Balaban J connectivity index is 1.56. The largest absolute Gasteiger partial charge is 0.341 e. The van der Waals surface area contributed by atoms with Crippen LogP contribution in [0.5, 0.6) is 0 Å². The lowest BCUT2D eigenvalue weighted by Crippen LogP contribution is -2.42. The zero-order valence-corrected chi connectivity index (χ0v) is 16.5. The molecule has 6 heteroatoms. The summed E-state index contributed by atoms with van der Waals surface area (Å²) >= 11 is 1.65. The van der Waals surface area contributed by atoms with Gasteiger partial charge in [-0.25, -0.2) is 4.98 Å². The van der Waals surface area contributed by atoms with Crippen molar-refractivity contribution < 1.29 is 4.79 Å². The molecule has 0 atom stereocenters. The van der Waals surface area contributed by atoms with Gasteiger partial charge in [0.05, 0.1) is 11.7 Å². The number of carbonyl (C=O) groups excluding carboxylic acids is 1. The van der Waals surface area contributed by atoms with Gasteiger partial charge in [0.15, 0.2) is 0 Å². The molecule has 0 unspecified atom stereocenters. The summed E-state index contributed by atoms with van der Waals surface area (Å²) in [6, 6.07) is 0.306. The van der Waals surface area contributed by atoms with E-state index in [-0.39, 0.29) is 18.0 Å². The van der Waals surface area contributed by atoms with Gasteiger partial charge in [-0.15, -0.1) is 11.3 Å². The molecule has 0 aromatic carbocycles. The fourth-order valence-electron chi connectivity index (χ4n) is 4.38. The second kappa shape index (κ2) is 7.14. The summed E-state index contributed by atoms with van der Waals surface area (Å²) in [5.74, 6) is 0.769. The molecule has 1 amide bonds. The topological polar surface area (TPSA) is 55.2 Å². The first-order chi connectivity index (χ1) is 12.5. The second-order valence-electron chi connectivity index (χ2n) is 7.99. The van der Waals surface area contributed by atoms with Gasteiger partial charge in [-0.05, 0) is 62.8 Å². The Morgan fingerprint density at radius 1 is 1.27 bits per heavy atom. The molecule has 4 rings (SSSR count). The van der Waals surface area contributed by atoms with Crippen molar-refractivity contribution in [2.45, 2.75) is 70.9 Å². The van der Waals surface area contributed by atoms with E-state index >= 15 is 0 Å². The zero-order chi connectivity index (χ0) is 18.3. The van der Waals surface area contributed by atoms with Crippen LogP contribution in [-0.2, 0) is 24.2 Å². The van der Waals surface area contributed by atoms with E-state index in [0.717, 1.165) is 48.2 Å². The third-order valence-corrected chi connectivity index (χ3v) is 7.37. The Morgan fingerprint density at radius 2 is 2.00 bits per heavy atom. The summed E-state index contributed by atoms with van der Waals surface area (Å²) in [5.41, 5.74) is 1.14.